The summed E-state index contributed by atoms with van der Waals surface area (Å²) < 4.78 is 34.4. The fourth-order valence-electron chi connectivity index (χ4n) is 3.05. The number of hydrogen-bond acceptors (Lipinski definition) is 6. The number of rotatable bonds is 4. The van der Waals surface area contributed by atoms with Gasteiger partial charge in [0.15, 0.2) is 0 Å². The molecular formula is C19H19N3O4S2. The van der Waals surface area contributed by atoms with Crippen LogP contribution < -0.4 is 14.6 Å². The smallest absolute Gasteiger partial charge is 0.274 e. The molecule has 0 bridgehead atoms. The summed E-state index contributed by atoms with van der Waals surface area (Å²) in [6.45, 7) is 4.15. The lowest BCUT2D eigenvalue weighted by molar-refractivity contribution is 0.195. The number of nitrogens with one attached hydrogen (secondary N) is 1. The molecule has 2 aromatic heterocycles. The van der Waals surface area contributed by atoms with Gasteiger partial charge in [-0.1, -0.05) is 13.0 Å². The Bertz CT molecular complexity index is 1160. The summed E-state index contributed by atoms with van der Waals surface area (Å²) in [5.41, 5.74) is 1.73. The van der Waals surface area contributed by atoms with E-state index in [1.807, 2.05) is 32.0 Å². The van der Waals surface area contributed by atoms with Gasteiger partial charge in [-0.3, -0.25) is 9.10 Å². The summed E-state index contributed by atoms with van der Waals surface area (Å²) in [7, 11) is -3.76. The highest BCUT2D eigenvalue weighted by molar-refractivity contribution is 7.94. The number of nitrogens with zero attached hydrogens (tertiary/aromatic N) is 2. The Morgan fingerprint density at radius 3 is 2.79 bits per heavy atom. The van der Waals surface area contributed by atoms with Crippen LogP contribution in [0, 0.1) is 6.92 Å². The number of aryl methyl sites for hydroxylation is 1. The predicted octanol–water partition coefficient (Wildman–Crippen LogP) is 3.17. The van der Waals surface area contributed by atoms with Gasteiger partial charge in [-0.2, -0.15) is 5.10 Å². The molecule has 0 saturated heterocycles. The molecule has 0 fully saturated rings. The minimum Gasteiger partial charge on any atom is -0.486 e. The van der Waals surface area contributed by atoms with Gasteiger partial charge in [-0.15, -0.1) is 11.3 Å². The summed E-state index contributed by atoms with van der Waals surface area (Å²) in [4.78, 5) is 11.9. The lowest BCUT2D eigenvalue weighted by Crippen LogP contribution is -2.43. The lowest BCUT2D eigenvalue weighted by atomic mass is 10.1. The van der Waals surface area contributed by atoms with Gasteiger partial charge in [-0.25, -0.2) is 13.5 Å². The van der Waals surface area contributed by atoms with Gasteiger partial charge >= 0.3 is 0 Å². The van der Waals surface area contributed by atoms with Crippen LogP contribution in [0.2, 0.25) is 0 Å². The quantitative estimate of drug-likeness (QED) is 0.704. The minimum absolute atomic E-state index is 0.203. The molecule has 4 rings (SSSR count). The number of sulfonamides is 1. The summed E-state index contributed by atoms with van der Waals surface area (Å²) in [6.07, 6.45) is 0.501. The van der Waals surface area contributed by atoms with E-state index in [4.69, 9.17) is 4.74 Å². The number of aromatic nitrogens is 2. The van der Waals surface area contributed by atoms with Crippen LogP contribution in [0.25, 0.3) is 10.6 Å². The van der Waals surface area contributed by atoms with E-state index in [0.29, 0.717) is 28.4 Å². The Balaban J connectivity index is 1.75. The first-order chi connectivity index (χ1) is 13.4. The van der Waals surface area contributed by atoms with Crippen LogP contribution in [0.5, 0.6) is 5.75 Å². The fraction of sp³-hybridized carbons (Fsp3) is 0.263. The van der Waals surface area contributed by atoms with Gasteiger partial charge in [0.1, 0.15) is 21.8 Å². The highest BCUT2D eigenvalue weighted by Crippen LogP contribution is 2.40. The van der Waals surface area contributed by atoms with E-state index < -0.39 is 10.0 Å². The molecule has 1 aliphatic heterocycles. The van der Waals surface area contributed by atoms with Crippen LogP contribution in [-0.2, 0) is 10.0 Å². The fourth-order valence-corrected chi connectivity index (χ4v) is 5.94. The second-order valence-electron chi connectivity index (χ2n) is 6.58. The summed E-state index contributed by atoms with van der Waals surface area (Å²) in [6, 6.07) is 11.8. The van der Waals surface area contributed by atoms with E-state index in [1.54, 1.807) is 18.2 Å². The zero-order chi connectivity index (χ0) is 19.9. The van der Waals surface area contributed by atoms with Gasteiger partial charge in [-0.05, 0) is 49.2 Å². The number of hydrogen-bond donors (Lipinski definition) is 1. The maximum absolute atomic E-state index is 13.4. The highest BCUT2D eigenvalue weighted by Gasteiger charge is 2.35. The van der Waals surface area contributed by atoms with Crippen molar-refractivity contribution in [1.29, 1.82) is 0 Å². The molecule has 1 aliphatic rings. The van der Waals surface area contributed by atoms with Crippen molar-refractivity contribution in [1.82, 2.24) is 10.2 Å². The van der Waals surface area contributed by atoms with Crippen molar-refractivity contribution in [3.8, 4) is 16.3 Å². The zero-order valence-corrected chi connectivity index (χ0v) is 17.0. The molecule has 0 radical (unpaired) electrons. The van der Waals surface area contributed by atoms with Crippen LogP contribution in [0.15, 0.2) is 51.5 Å². The van der Waals surface area contributed by atoms with Crippen molar-refractivity contribution < 1.29 is 13.2 Å². The molecule has 0 amide bonds. The molecule has 3 aromatic rings. The molecule has 1 N–H and O–H groups in total. The topological polar surface area (TPSA) is 92.4 Å². The Labute approximate surface area is 166 Å². The minimum atomic E-state index is -3.76. The number of ether oxygens (including phenoxy) is 1. The van der Waals surface area contributed by atoms with Gasteiger partial charge < -0.3 is 4.74 Å². The Hall–Kier alpha value is -2.65. The largest absolute Gasteiger partial charge is 0.486 e. The molecule has 3 heterocycles. The number of benzene rings is 1. The van der Waals surface area contributed by atoms with E-state index in [2.05, 4.69) is 10.2 Å². The number of thiophene rings is 1. The molecule has 1 aromatic carbocycles. The third kappa shape index (κ3) is 3.31. The van der Waals surface area contributed by atoms with E-state index in [1.165, 1.54) is 10.4 Å². The van der Waals surface area contributed by atoms with E-state index in [-0.39, 0.29) is 22.4 Å². The van der Waals surface area contributed by atoms with Gasteiger partial charge in [0.25, 0.3) is 15.6 Å². The van der Waals surface area contributed by atoms with Crippen molar-refractivity contribution >= 4 is 27.0 Å². The molecule has 0 spiro atoms. The average Bonchev–Trinajstić information content (AvgIpc) is 3.18. The van der Waals surface area contributed by atoms with E-state index in [0.717, 1.165) is 16.9 Å². The maximum Gasteiger partial charge on any atom is 0.274 e. The summed E-state index contributed by atoms with van der Waals surface area (Å²) >= 11 is 1.13. The molecular weight excluding hydrogens is 398 g/mol. The molecule has 146 valence electrons. The molecule has 0 saturated carbocycles. The Morgan fingerprint density at radius 1 is 1.25 bits per heavy atom. The Kier molecular flexibility index (Phi) is 4.72. The zero-order valence-electron chi connectivity index (χ0n) is 15.4. The van der Waals surface area contributed by atoms with Gasteiger partial charge in [0.05, 0.1) is 17.1 Å². The lowest BCUT2D eigenvalue weighted by Gasteiger charge is -2.35. The van der Waals surface area contributed by atoms with Crippen molar-refractivity contribution in [2.24, 2.45) is 0 Å². The van der Waals surface area contributed by atoms with Crippen LogP contribution in [0.4, 0.5) is 5.69 Å². The highest BCUT2D eigenvalue weighted by atomic mass is 32.2. The third-order valence-corrected chi connectivity index (χ3v) is 7.91. The Morgan fingerprint density at radius 2 is 2.07 bits per heavy atom. The van der Waals surface area contributed by atoms with Gasteiger partial charge in [0.2, 0.25) is 0 Å². The summed E-state index contributed by atoms with van der Waals surface area (Å²) in [5, 5.41) is 6.34. The first-order valence-electron chi connectivity index (χ1n) is 8.84. The predicted molar refractivity (Wildman–Crippen MR) is 109 cm³/mol. The summed E-state index contributed by atoms with van der Waals surface area (Å²) in [5.74, 6) is 0.575. The second kappa shape index (κ2) is 7.06. The van der Waals surface area contributed by atoms with Crippen molar-refractivity contribution in [2.75, 3.05) is 10.8 Å². The van der Waals surface area contributed by atoms with Crippen LogP contribution >= 0.6 is 11.3 Å². The van der Waals surface area contributed by atoms with Crippen molar-refractivity contribution in [2.45, 2.75) is 30.6 Å². The van der Waals surface area contributed by atoms with E-state index in [9.17, 15) is 13.2 Å². The number of anilines is 1. The standard InChI is InChI=1S/C19H19N3O4S2/c1-3-13-11-22(15-10-12(2)4-6-16(15)26-13)28(24,25)19-9-7-17(27-19)14-5-8-18(23)21-20-14/h4-10,13H,3,11H2,1-2H3,(H,21,23). The molecule has 1 unspecified atom stereocenters. The third-order valence-electron chi connectivity index (χ3n) is 4.56. The molecule has 0 aliphatic carbocycles. The molecule has 28 heavy (non-hydrogen) atoms. The maximum atomic E-state index is 13.4. The number of H-pyrrole nitrogens is 1. The van der Waals surface area contributed by atoms with E-state index >= 15 is 0 Å². The normalized spacial score (nSPS) is 16.5. The number of fused-ring (bicyclic) bond motifs is 1. The first-order valence-corrected chi connectivity index (χ1v) is 11.1. The molecule has 7 nitrogen and oxygen atoms in total. The SMILES string of the molecule is CCC1CN(S(=O)(=O)c2ccc(-c3ccc(=O)[nH]n3)s2)c2cc(C)ccc2O1. The monoisotopic (exact) mass is 417 g/mol. The average molecular weight is 418 g/mol. The second-order valence-corrected chi connectivity index (χ2v) is 9.75. The van der Waals surface area contributed by atoms with Crippen LogP contribution in [-0.4, -0.2) is 31.3 Å². The van der Waals surface area contributed by atoms with Crippen LogP contribution in [0.3, 0.4) is 0 Å². The van der Waals surface area contributed by atoms with Crippen molar-refractivity contribution in [3.05, 3.63) is 58.4 Å². The molecule has 1 atom stereocenters. The van der Waals surface area contributed by atoms with Gasteiger partial charge in [0, 0.05) is 6.07 Å². The molecule has 9 heteroatoms. The first kappa shape index (κ1) is 18.7. The number of aromatic amines is 1. The van der Waals surface area contributed by atoms with Crippen molar-refractivity contribution in [3.63, 3.8) is 0 Å². The van der Waals surface area contributed by atoms with Crippen LogP contribution in [0.1, 0.15) is 18.9 Å².